The Morgan fingerprint density at radius 1 is 1.25 bits per heavy atom. The van der Waals surface area contributed by atoms with E-state index in [-0.39, 0.29) is 10.9 Å². The molecule has 0 aromatic carbocycles. The van der Waals surface area contributed by atoms with Crippen LogP contribution in [-0.2, 0) is 4.74 Å². The first-order valence-electron chi connectivity index (χ1n) is 5.89. The van der Waals surface area contributed by atoms with Gasteiger partial charge in [0.1, 0.15) is 24.4 Å². The second-order valence-electron chi connectivity index (χ2n) is 4.56. The van der Waals surface area contributed by atoms with Crippen molar-refractivity contribution in [2.75, 3.05) is 6.61 Å². The summed E-state index contributed by atoms with van der Waals surface area (Å²) in [6, 6.07) is 0. The van der Waals surface area contributed by atoms with Crippen LogP contribution in [-0.4, -0.2) is 50.2 Å². The summed E-state index contributed by atoms with van der Waals surface area (Å²) in [6.45, 7) is -0.435. The lowest BCUT2D eigenvalue weighted by molar-refractivity contribution is -0.0214. The predicted octanol–water partition coefficient (Wildman–Crippen LogP) is -1.57. The Balaban J connectivity index is 2.12. The van der Waals surface area contributed by atoms with Crippen LogP contribution in [0.3, 0.4) is 0 Å². The van der Waals surface area contributed by atoms with Gasteiger partial charge in [0.25, 0.3) is 5.56 Å². The summed E-state index contributed by atoms with van der Waals surface area (Å²) in [5.41, 5.74) is -0.912. The molecule has 1 aliphatic rings. The average Bonchev–Trinajstić information content (AvgIpc) is 2.93. The maximum absolute atomic E-state index is 11.6. The predicted molar refractivity (Wildman–Crippen MR) is 69.8 cm³/mol. The molecule has 9 heteroatoms. The van der Waals surface area contributed by atoms with Crippen molar-refractivity contribution in [3.8, 4) is 0 Å². The second kappa shape index (κ2) is 4.79. The number of hydrogen-bond acceptors (Lipinski definition) is 7. The number of aromatic nitrogens is 2. The maximum Gasteiger partial charge on any atom is 0.326 e. The number of rotatable bonds is 2. The van der Waals surface area contributed by atoms with Crippen LogP contribution in [0.4, 0.5) is 0 Å². The average molecular weight is 300 g/mol. The summed E-state index contributed by atoms with van der Waals surface area (Å²) in [5.74, 6) is 0. The summed E-state index contributed by atoms with van der Waals surface area (Å²) in [4.78, 5) is 28.0. The fourth-order valence-electron chi connectivity index (χ4n) is 2.31. The van der Waals surface area contributed by atoms with Crippen molar-refractivity contribution in [1.82, 2.24) is 9.97 Å². The van der Waals surface area contributed by atoms with E-state index in [1.165, 1.54) is 5.38 Å². The minimum absolute atomic E-state index is 0.276. The summed E-state index contributed by atoms with van der Waals surface area (Å²) >= 11 is 1.13. The summed E-state index contributed by atoms with van der Waals surface area (Å²) < 4.78 is 5.39. The molecule has 0 bridgehead atoms. The SMILES string of the molecule is O=c1[nH]c(=O)c2csc([C@@H]3O[C@H](CO)[C@@H](O)[C@H]3O)c2[nH]1. The van der Waals surface area contributed by atoms with Gasteiger partial charge in [0, 0.05) is 5.38 Å². The van der Waals surface area contributed by atoms with E-state index in [1.54, 1.807) is 0 Å². The molecule has 1 fully saturated rings. The van der Waals surface area contributed by atoms with Crippen molar-refractivity contribution < 1.29 is 20.1 Å². The molecule has 2 aromatic rings. The van der Waals surface area contributed by atoms with Gasteiger partial charge in [-0.25, -0.2) is 4.79 Å². The number of fused-ring (bicyclic) bond motifs is 1. The second-order valence-corrected chi connectivity index (χ2v) is 5.47. The number of aliphatic hydroxyl groups excluding tert-OH is 3. The summed E-state index contributed by atoms with van der Waals surface area (Å²) in [6.07, 6.45) is -4.27. The van der Waals surface area contributed by atoms with E-state index in [4.69, 9.17) is 9.84 Å². The lowest BCUT2D eigenvalue weighted by Gasteiger charge is -2.13. The quantitative estimate of drug-likeness (QED) is 0.455. The topological polar surface area (TPSA) is 136 Å². The molecule has 4 atom stereocenters. The van der Waals surface area contributed by atoms with Gasteiger partial charge in [-0.15, -0.1) is 11.3 Å². The van der Waals surface area contributed by atoms with Gasteiger partial charge in [0.05, 0.1) is 22.4 Å². The van der Waals surface area contributed by atoms with Gasteiger partial charge in [0.15, 0.2) is 0 Å². The zero-order valence-electron chi connectivity index (χ0n) is 10.1. The lowest BCUT2D eigenvalue weighted by atomic mass is 10.1. The highest BCUT2D eigenvalue weighted by molar-refractivity contribution is 7.11. The molecule has 3 rings (SSSR count). The first-order chi connectivity index (χ1) is 9.52. The van der Waals surface area contributed by atoms with Crippen LogP contribution in [0.1, 0.15) is 11.0 Å². The van der Waals surface area contributed by atoms with Gasteiger partial charge >= 0.3 is 5.69 Å². The van der Waals surface area contributed by atoms with Crippen molar-refractivity contribution >= 4 is 22.2 Å². The van der Waals surface area contributed by atoms with Crippen molar-refractivity contribution in [3.63, 3.8) is 0 Å². The van der Waals surface area contributed by atoms with Crippen molar-refractivity contribution in [1.29, 1.82) is 0 Å². The number of hydrogen-bond donors (Lipinski definition) is 5. The number of H-pyrrole nitrogens is 2. The summed E-state index contributed by atoms with van der Waals surface area (Å²) in [7, 11) is 0. The van der Waals surface area contributed by atoms with Gasteiger partial charge in [-0.3, -0.25) is 9.78 Å². The molecule has 5 N–H and O–H groups in total. The minimum Gasteiger partial charge on any atom is -0.394 e. The highest BCUT2D eigenvalue weighted by Crippen LogP contribution is 2.38. The van der Waals surface area contributed by atoms with Gasteiger partial charge in [0.2, 0.25) is 0 Å². The van der Waals surface area contributed by atoms with E-state index in [2.05, 4.69) is 9.97 Å². The van der Waals surface area contributed by atoms with Crippen LogP contribution < -0.4 is 11.2 Å². The van der Waals surface area contributed by atoms with E-state index in [0.29, 0.717) is 4.88 Å². The maximum atomic E-state index is 11.6. The Morgan fingerprint density at radius 2 is 2.00 bits per heavy atom. The third kappa shape index (κ3) is 1.91. The fourth-order valence-corrected chi connectivity index (χ4v) is 3.39. The van der Waals surface area contributed by atoms with Crippen LogP contribution in [0, 0.1) is 0 Å². The molecular formula is C11H12N2O6S. The first kappa shape index (κ1) is 13.5. The van der Waals surface area contributed by atoms with E-state index in [0.717, 1.165) is 11.3 Å². The number of aliphatic hydroxyl groups is 3. The molecule has 2 aromatic heterocycles. The van der Waals surface area contributed by atoms with Gasteiger partial charge in [-0.2, -0.15) is 0 Å². The number of thiophene rings is 1. The zero-order chi connectivity index (χ0) is 14.4. The van der Waals surface area contributed by atoms with Crippen LogP contribution >= 0.6 is 11.3 Å². The minimum atomic E-state index is -1.24. The monoisotopic (exact) mass is 300 g/mol. The molecule has 0 radical (unpaired) electrons. The van der Waals surface area contributed by atoms with E-state index in [1.807, 2.05) is 0 Å². The van der Waals surface area contributed by atoms with Gasteiger partial charge in [-0.1, -0.05) is 0 Å². The lowest BCUT2D eigenvalue weighted by Crippen LogP contribution is -2.32. The third-order valence-corrected chi connectivity index (χ3v) is 4.37. The molecule has 3 heterocycles. The Bertz CT molecular complexity index is 749. The highest BCUT2D eigenvalue weighted by atomic mass is 32.1. The van der Waals surface area contributed by atoms with E-state index < -0.39 is 42.3 Å². The molecular weight excluding hydrogens is 288 g/mol. The van der Waals surface area contributed by atoms with E-state index >= 15 is 0 Å². The third-order valence-electron chi connectivity index (χ3n) is 3.33. The summed E-state index contributed by atoms with van der Waals surface area (Å²) in [5, 5.41) is 30.6. The van der Waals surface area contributed by atoms with Gasteiger partial charge < -0.3 is 25.0 Å². The zero-order valence-corrected chi connectivity index (χ0v) is 10.9. The molecule has 108 valence electrons. The number of ether oxygens (including phenoxy) is 1. The van der Waals surface area contributed by atoms with Gasteiger partial charge in [-0.05, 0) is 0 Å². The standard InChI is InChI=1S/C11H12N2O6S/c14-1-4-6(15)7(16)8(19-4)9-5-3(2-20-9)10(17)13-11(18)12-5/h2,4,6-8,14-16H,1H2,(H2,12,13,17,18)/t4-,6-,7-,8-/m1/s1. The normalized spacial score (nSPS) is 30.1. The highest BCUT2D eigenvalue weighted by Gasteiger charge is 2.44. The van der Waals surface area contributed by atoms with Crippen LogP contribution in [0.5, 0.6) is 0 Å². The van der Waals surface area contributed by atoms with E-state index in [9.17, 15) is 19.8 Å². The van der Waals surface area contributed by atoms with Crippen LogP contribution in [0.2, 0.25) is 0 Å². The molecule has 0 spiro atoms. The van der Waals surface area contributed by atoms with Crippen molar-refractivity contribution in [2.24, 2.45) is 0 Å². The smallest absolute Gasteiger partial charge is 0.326 e. The first-order valence-corrected chi connectivity index (χ1v) is 6.77. The molecule has 1 saturated heterocycles. The molecule has 0 saturated carbocycles. The van der Waals surface area contributed by atoms with Crippen molar-refractivity contribution in [3.05, 3.63) is 31.1 Å². The molecule has 20 heavy (non-hydrogen) atoms. The Morgan fingerprint density at radius 3 is 2.65 bits per heavy atom. The fraction of sp³-hybridized carbons (Fsp3) is 0.455. The molecule has 1 aliphatic heterocycles. The number of aromatic amines is 2. The Kier molecular flexibility index (Phi) is 3.22. The van der Waals surface area contributed by atoms with Crippen LogP contribution in [0.15, 0.2) is 15.0 Å². The van der Waals surface area contributed by atoms with Crippen molar-refractivity contribution in [2.45, 2.75) is 24.4 Å². The largest absolute Gasteiger partial charge is 0.394 e. The van der Waals surface area contributed by atoms with Crippen LogP contribution in [0.25, 0.3) is 10.9 Å². The molecule has 0 amide bonds. The molecule has 0 unspecified atom stereocenters. The molecule has 8 nitrogen and oxygen atoms in total. The molecule has 0 aliphatic carbocycles. The Labute approximate surface area is 115 Å². The Hall–Kier alpha value is -1.52. The number of nitrogens with one attached hydrogen (secondary N) is 2.